The van der Waals surface area contributed by atoms with Gasteiger partial charge in [-0.1, -0.05) is 31.9 Å². The summed E-state index contributed by atoms with van der Waals surface area (Å²) < 4.78 is 0. The molecule has 3 heteroatoms. The van der Waals surface area contributed by atoms with Gasteiger partial charge in [0.1, 0.15) is 0 Å². The van der Waals surface area contributed by atoms with E-state index in [4.69, 9.17) is 0 Å². The van der Waals surface area contributed by atoms with Gasteiger partial charge in [-0.05, 0) is 18.6 Å². The molecule has 3 nitrogen and oxygen atoms in total. The van der Waals surface area contributed by atoms with E-state index in [-0.39, 0.29) is 6.03 Å². The van der Waals surface area contributed by atoms with Crippen LogP contribution in [0.3, 0.4) is 0 Å². The van der Waals surface area contributed by atoms with Gasteiger partial charge in [0, 0.05) is 6.54 Å². The molecule has 1 aliphatic rings. The molecule has 0 saturated heterocycles. The number of urea groups is 1. The number of nitrogens with zero attached hydrogens (tertiary/aromatic N) is 2. The molecule has 1 radical (unpaired) electrons. The van der Waals surface area contributed by atoms with Gasteiger partial charge in [-0.2, -0.15) is 5.32 Å². The highest BCUT2D eigenvalue weighted by Gasteiger charge is 2.27. The van der Waals surface area contributed by atoms with E-state index in [1.165, 1.54) is 6.42 Å². The topological polar surface area (TPSA) is 34.4 Å². The Bertz CT molecular complexity index is 362. The fraction of sp³-hybridized carbons (Fsp3) is 0.417. The number of carbonyl (C=O) groups is 1. The van der Waals surface area contributed by atoms with Crippen molar-refractivity contribution in [1.29, 1.82) is 0 Å². The van der Waals surface area contributed by atoms with Gasteiger partial charge in [0.25, 0.3) is 0 Å². The van der Waals surface area contributed by atoms with Crippen LogP contribution in [0.15, 0.2) is 24.3 Å². The van der Waals surface area contributed by atoms with Crippen LogP contribution in [0.4, 0.5) is 16.2 Å². The first kappa shape index (κ1) is 10.0. The lowest BCUT2D eigenvalue weighted by atomic mass is 10.2. The SMILES string of the molecule is CCCCCN1C(=O)[N]c2ccccc21. The number of carbonyl (C=O) groups excluding carboxylic acids is 1. The molecule has 1 aliphatic heterocycles. The Morgan fingerprint density at radius 1 is 1.27 bits per heavy atom. The monoisotopic (exact) mass is 203 g/mol. The molecular weight excluding hydrogens is 188 g/mol. The average molecular weight is 203 g/mol. The summed E-state index contributed by atoms with van der Waals surface area (Å²) in [4.78, 5) is 13.4. The maximum Gasteiger partial charge on any atom is 0.348 e. The average Bonchev–Trinajstić information content (AvgIpc) is 2.56. The predicted octanol–water partition coefficient (Wildman–Crippen LogP) is 3.05. The van der Waals surface area contributed by atoms with E-state index in [0.717, 1.165) is 30.8 Å². The van der Waals surface area contributed by atoms with Gasteiger partial charge < -0.3 is 0 Å². The van der Waals surface area contributed by atoms with Gasteiger partial charge in [-0.25, -0.2) is 4.79 Å². The minimum absolute atomic E-state index is 0.118. The Morgan fingerprint density at radius 3 is 2.87 bits per heavy atom. The summed E-state index contributed by atoms with van der Waals surface area (Å²) in [5.74, 6) is 0. The van der Waals surface area contributed by atoms with Crippen LogP contribution >= 0.6 is 0 Å². The minimum Gasteiger partial charge on any atom is -0.290 e. The number of fused-ring (bicyclic) bond motifs is 1. The molecule has 0 aliphatic carbocycles. The molecule has 0 fully saturated rings. The van der Waals surface area contributed by atoms with Gasteiger partial charge in [0.05, 0.1) is 11.4 Å². The first-order chi connectivity index (χ1) is 7.33. The molecule has 0 spiro atoms. The van der Waals surface area contributed by atoms with Crippen LogP contribution in [0.5, 0.6) is 0 Å². The van der Waals surface area contributed by atoms with E-state index in [1.54, 1.807) is 4.90 Å². The third-order valence-corrected chi connectivity index (χ3v) is 2.60. The molecule has 2 rings (SSSR count). The molecule has 0 saturated carbocycles. The van der Waals surface area contributed by atoms with E-state index in [9.17, 15) is 4.79 Å². The lowest BCUT2D eigenvalue weighted by Crippen LogP contribution is -2.29. The Kier molecular flexibility index (Phi) is 2.90. The Morgan fingerprint density at radius 2 is 2.07 bits per heavy atom. The summed E-state index contributed by atoms with van der Waals surface area (Å²) in [7, 11) is 0. The Labute approximate surface area is 90.1 Å². The van der Waals surface area contributed by atoms with Gasteiger partial charge in [-0.15, -0.1) is 0 Å². The highest BCUT2D eigenvalue weighted by atomic mass is 16.2. The summed E-state index contributed by atoms with van der Waals surface area (Å²) in [6, 6.07) is 7.57. The molecule has 0 aromatic heterocycles. The maximum absolute atomic E-state index is 11.6. The first-order valence-corrected chi connectivity index (χ1v) is 5.45. The second-order valence-electron chi connectivity index (χ2n) is 3.74. The number of unbranched alkanes of at least 4 members (excludes halogenated alkanes) is 2. The molecule has 1 aromatic rings. The van der Waals surface area contributed by atoms with E-state index in [0.29, 0.717) is 0 Å². The van der Waals surface area contributed by atoms with Crippen molar-refractivity contribution in [2.24, 2.45) is 0 Å². The number of hydrogen-bond acceptors (Lipinski definition) is 1. The fourth-order valence-electron chi connectivity index (χ4n) is 1.79. The first-order valence-electron chi connectivity index (χ1n) is 5.45. The second-order valence-corrected chi connectivity index (χ2v) is 3.74. The standard InChI is InChI=1S/C12H15N2O/c1-2-3-6-9-14-11-8-5-4-7-10(11)13-12(14)15/h4-5,7-8H,2-3,6,9H2,1H3. The summed E-state index contributed by atoms with van der Waals surface area (Å²) in [6.07, 6.45) is 3.37. The number of amides is 2. The zero-order valence-electron chi connectivity index (χ0n) is 8.94. The Hall–Kier alpha value is -1.51. The lowest BCUT2D eigenvalue weighted by Gasteiger charge is -2.14. The van der Waals surface area contributed by atoms with Crippen molar-refractivity contribution in [3.05, 3.63) is 24.3 Å². The van der Waals surface area contributed by atoms with E-state index >= 15 is 0 Å². The van der Waals surface area contributed by atoms with Crippen LogP contribution in [-0.4, -0.2) is 12.6 Å². The summed E-state index contributed by atoms with van der Waals surface area (Å²) >= 11 is 0. The van der Waals surface area contributed by atoms with Crippen molar-refractivity contribution in [3.8, 4) is 0 Å². The smallest absolute Gasteiger partial charge is 0.290 e. The highest BCUT2D eigenvalue weighted by Crippen LogP contribution is 2.32. The van der Waals surface area contributed by atoms with Crippen LogP contribution in [0.1, 0.15) is 26.2 Å². The number of rotatable bonds is 4. The van der Waals surface area contributed by atoms with Crippen LogP contribution in [0, 0.1) is 0 Å². The van der Waals surface area contributed by atoms with Crippen molar-refractivity contribution in [3.63, 3.8) is 0 Å². The highest BCUT2D eigenvalue weighted by molar-refractivity contribution is 6.04. The largest absolute Gasteiger partial charge is 0.348 e. The van der Waals surface area contributed by atoms with E-state index in [1.807, 2.05) is 24.3 Å². The number of hydrogen-bond donors (Lipinski definition) is 0. The van der Waals surface area contributed by atoms with Crippen molar-refractivity contribution < 1.29 is 4.79 Å². The fourth-order valence-corrected chi connectivity index (χ4v) is 1.79. The number of anilines is 1. The zero-order chi connectivity index (χ0) is 10.7. The number of benzene rings is 1. The van der Waals surface area contributed by atoms with Crippen molar-refractivity contribution >= 4 is 17.4 Å². The van der Waals surface area contributed by atoms with Crippen molar-refractivity contribution in [1.82, 2.24) is 5.32 Å². The van der Waals surface area contributed by atoms with Gasteiger partial charge >= 0.3 is 6.03 Å². The van der Waals surface area contributed by atoms with Crippen LogP contribution < -0.4 is 10.2 Å². The third-order valence-electron chi connectivity index (χ3n) is 2.60. The van der Waals surface area contributed by atoms with Crippen molar-refractivity contribution in [2.75, 3.05) is 11.4 Å². The van der Waals surface area contributed by atoms with E-state index < -0.39 is 0 Å². The molecule has 0 unspecified atom stereocenters. The molecule has 15 heavy (non-hydrogen) atoms. The molecule has 1 heterocycles. The van der Waals surface area contributed by atoms with Crippen LogP contribution in [0.2, 0.25) is 0 Å². The summed E-state index contributed by atoms with van der Waals surface area (Å²) in [6.45, 7) is 2.94. The van der Waals surface area contributed by atoms with Gasteiger partial charge in [0.2, 0.25) is 0 Å². The van der Waals surface area contributed by atoms with Crippen LogP contribution in [-0.2, 0) is 0 Å². The summed E-state index contributed by atoms with van der Waals surface area (Å²) in [5.41, 5.74) is 1.76. The predicted molar refractivity (Wildman–Crippen MR) is 60.5 cm³/mol. The van der Waals surface area contributed by atoms with Crippen molar-refractivity contribution in [2.45, 2.75) is 26.2 Å². The summed E-state index contributed by atoms with van der Waals surface area (Å²) in [5, 5.41) is 4.00. The molecule has 1 aromatic carbocycles. The molecule has 0 bridgehead atoms. The lowest BCUT2D eigenvalue weighted by molar-refractivity contribution is 0.251. The molecule has 0 N–H and O–H groups in total. The maximum atomic E-state index is 11.6. The van der Waals surface area contributed by atoms with Gasteiger partial charge in [-0.3, -0.25) is 4.90 Å². The van der Waals surface area contributed by atoms with Crippen LogP contribution in [0.25, 0.3) is 0 Å². The molecule has 2 amide bonds. The molecule has 79 valence electrons. The Balaban J connectivity index is 2.08. The molecular formula is C12H15N2O. The number of para-hydroxylation sites is 2. The normalized spacial score (nSPS) is 13.9. The third kappa shape index (κ3) is 1.96. The van der Waals surface area contributed by atoms with E-state index in [2.05, 4.69) is 12.2 Å². The second kappa shape index (κ2) is 4.34. The zero-order valence-corrected chi connectivity index (χ0v) is 8.94. The molecule has 0 atom stereocenters. The van der Waals surface area contributed by atoms with Gasteiger partial charge in [0.15, 0.2) is 0 Å². The quantitative estimate of drug-likeness (QED) is 0.692. The minimum atomic E-state index is -0.118.